The maximum Gasteiger partial charge on any atom is 0.0267 e. The Kier molecular flexibility index (Phi) is 4.26. The van der Waals surface area contributed by atoms with Crippen molar-refractivity contribution >= 4 is 16.8 Å². The summed E-state index contributed by atoms with van der Waals surface area (Å²) >= 11 is 0. The molecule has 0 spiro atoms. The van der Waals surface area contributed by atoms with E-state index in [0.717, 1.165) is 0 Å². The van der Waals surface area contributed by atoms with E-state index in [1.807, 2.05) is 24.3 Å². The topological polar surface area (TPSA) is 12.9 Å². The molecule has 0 aliphatic heterocycles. The molecule has 3 rings (SSSR count). The van der Waals surface area contributed by atoms with Crippen molar-refractivity contribution in [2.75, 3.05) is 0 Å². The average Bonchev–Trinajstić information content (AvgIpc) is 2.49. The van der Waals surface area contributed by atoms with Crippen LogP contribution in [-0.2, 0) is 0 Å². The number of hydrogen-bond acceptors (Lipinski definition) is 1. The van der Waals surface area contributed by atoms with Crippen LogP contribution in [0.5, 0.6) is 0 Å². The second-order valence-corrected chi connectivity index (χ2v) is 3.84. The molecule has 0 saturated heterocycles. The van der Waals surface area contributed by atoms with Gasteiger partial charge in [-0.1, -0.05) is 55.1 Å². The summed E-state index contributed by atoms with van der Waals surface area (Å²) in [7, 11) is 0. The minimum absolute atomic E-state index is 1.17. The van der Waals surface area contributed by atoms with E-state index in [2.05, 4.69) is 54.0 Å². The highest BCUT2D eigenvalue weighted by Gasteiger charge is 1.90. The van der Waals surface area contributed by atoms with Crippen LogP contribution in [0.4, 0.5) is 0 Å². The molecule has 88 valence electrons. The Labute approximate surface area is 107 Å². The van der Waals surface area contributed by atoms with Crippen LogP contribution < -0.4 is 0 Å². The van der Waals surface area contributed by atoms with Gasteiger partial charge in [-0.2, -0.15) is 0 Å². The van der Waals surface area contributed by atoms with Gasteiger partial charge in [0.15, 0.2) is 0 Å². The molecule has 0 atom stereocenters. The SMILES string of the molecule is C=Cc1ccc2ccccc2c1.c1ccncc1. The number of nitrogens with zero attached hydrogens (tertiary/aromatic N) is 1. The number of aromatic nitrogens is 1. The molecule has 0 aliphatic carbocycles. The molecule has 0 saturated carbocycles. The maximum atomic E-state index is 3.78. The van der Waals surface area contributed by atoms with Crippen LogP contribution in [-0.4, -0.2) is 4.98 Å². The Balaban J connectivity index is 0.000000169. The predicted molar refractivity (Wildman–Crippen MR) is 78.3 cm³/mol. The third kappa shape index (κ3) is 3.29. The van der Waals surface area contributed by atoms with Crippen LogP contribution in [0.1, 0.15) is 5.56 Å². The number of fused-ring (bicyclic) bond motifs is 1. The van der Waals surface area contributed by atoms with E-state index in [1.165, 1.54) is 16.3 Å². The maximum absolute atomic E-state index is 3.78. The van der Waals surface area contributed by atoms with Gasteiger partial charge in [-0.25, -0.2) is 0 Å². The fourth-order valence-electron chi connectivity index (χ4n) is 1.65. The summed E-state index contributed by atoms with van der Waals surface area (Å²) in [6, 6.07) is 20.4. The molecule has 18 heavy (non-hydrogen) atoms. The third-order valence-electron chi connectivity index (χ3n) is 2.58. The summed E-state index contributed by atoms with van der Waals surface area (Å²) in [5.41, 5.74) is 1.17. The van der Waals surface area contributed by atoms with E-state index in [4.69, 9.17) is 0 Å². The van der Waals surface area contributed by atoms with Crippen molar-refractivity contribution in [3.8, 4) is 0 Å². The first-order valence-electron chi connectivity index (χ1n) is 5.86. The molecular formula is C17H15N. The van der Waals surface area contributed by atoms with Crippen LogP contribution in [0.3, 0.4) is 0 Å². The average molecular weight is 233 g/mol. The monoisotopic (exact) mass is 233 g/mol. The fraction of sp³-hybridized carbons (Fsp3) is 0. The highest BCUT2D eigenvalue weighted by Crippen LogP contribution is 2.15. The van der Waals surface area contributed by atoms with Gasteiger partial charge in [-0.3, -0.25) is 4.98 Å². The summed E-state index contributed by atoms with van der Waals surface area (Å²) in [5.74, 6) is 0. The van der Waals surface area contributed by atoms with Crippen LogP contribution >= 0.6 is 0 Å². The zero-order valence-corrected chi connectivity index (χ0v) is 10.2. The zero-order chi connectivity index (χ0) is 12.6. The smallest absolute Gasteiger partial charge is 0.0267 e. The van der Waals surface area contributed by atoms with Crippen molar-refractivity contribution in [3.05, 3.63) is 85.2 Å². The largest absolute Gasteiger partial charge is 0.265 e. The molecule has 2 aromatic carbocycles. The number of rotatable bonds is 1. The first-order chi connectivity index (χ1) is 8.90. The van der Waals surface area contributed by atoms with E-state index in [9.17, 15) is 0 Å². The van der Waals surface area contributed by atoms with Crippen LogP contribution in [0.25, 0.3) is 16.8 Å². The van der Waals surface area contributed by atoms with E-state index in [1.54, 1.807) is 12.4 Å². The Hall–Kier alpha value is -2.41. The lowest BCUT2D eigenvalue weighted by Crippen LogP contribution is -1.73. The predicted octanol–water partition coefficient (Wildman–Crippen LogP) is 4.56. The standard InChI is InChI=1S/C12H10.C5H5N/c1-2-10-7-8-11-5-3-4-6-12(11)9-10;1-2-4-6-5-3-1/h2-9H,1H2;1-5H. The molecule has 1 nitrogen and oxygen atoms in total. The van der Waals surface area contributed by atoms with Crippen molar-refractivity contribution in [1.29, 1.82) is 0 Å². The van der Waals surface area contributed by atoms with Crippen molar-refractivity contribution in [1.82, 2.24) is 4.98 Å². The van der Waals surface area contributed by atoms with E-state index >= 15 is 0 Å². The lowest BCUT2D eigenvalue weighted by molar-refractivity contribution is 1.33. The molecular weight excluding hydrogens is 218 g/mol. The number of pyridine rings is 1. The molecule has 0 amide bonds. The fourth-order valence-corrected chi connectivity index (χ4v) is 1.65. The van der Waals surface area contributed by atoms with Gasteiger partial charge in [0.25, 0.3) is 0 Å². The first-order valence-corrected chi connectivity index (χ1v) is 5.86. The first kappa shape index (κ1) is 12.1. The minimum Gasteiger partial charge on any atom is -0.265 e. The second-order valence-electron chi connectivity index (χ2n) is 3.84. The molecule has 0 fully saturated rings. The molecule has 3 aromatic rings. The van der Waals surface area contributed by atoms with Gasteiger partial charge < -0.3 is 0 Å². The Morgan fingerprint density at radius 2 is 1.50 bits per heavy atom. The Morgan fingerprint density at radius 1 is 0.778 bits per heavy atom. The van der Waals surface area contributed by atoms with Gasteiger partial charge in [0.05, 0.1) is 0 Å². The Morgan fingerprint density at radius 3 is 2.06 bits per heavy atom. The van der Waals surface area contributed by atoms with Crippen molar-refractivity contribution in [2.24, 2.45) is 0 Å². The van der Waals surface area contributed by atoms with Crippen LogP contribution in [0.15, 0.2) is 79.6 Å². The van der Waals surface area contributed by atoms with E-state index < -0.39 is 0 Å². The summed E-state index contributed by atoms with van der Waals surface area (Å²) in [6.45, 7) is 3.74. The van der Waals surface area contributed by atoms with E-state index in [0.29, 0.717) is 0 Å². The van der Waals surface area contributed by atoms with Crippen molar-refractivity contribution in [2.45, 2.75) is 0 Å². The molecule has 0 aliphatic rings. The number of benzene rings is 2. The van der Waals surface area contributed by atoms with Crippen LogP contribution in [0.2, 0.25) is 0 Å². The van der Waals surface area contributed by atoms with E-state index in [-0.39, 0.29) is 0 Å². The second kappa shape index (κ2) is 6.36. The lowest BCUT2D eigenvalue weighted by atomic mass is 10.1. The minimum atomic E-state index is 1.17. The molecule has 1 heteroatoms. The summed E-state index contributed by atoms with van der Waals surface area (Å²) < 4.78 is 0. The van der Waals surface area contributed by atoms with Crippen molar-refractivity contribution in [3.63, 3.8) is 0 Å². The van der Waals surface area contributed by atoms with Gasteiger partial charge in [0.2, 0.25) is 0 Å². The van der Waals surface area contributed by atoms with Gasteiger partial charge in [-0.15, -0.1) is 0 Å². The highest BCUT2D eigenvalue weighted by molar-refractivity contribution is 5.84. The van der Waals surface area contributed by atoms with Gasteiger partial charge >= 0.3 is 0 Å². The normalized spacial score (nSPS) is 9.33. The van der Waals surface area contributed by atoms with Gasteiger partial charge in [0, 0.05) is 12.4 Å². The quantitative estimate of drug-likeness (QED) is 0.600. The van der Waals surface area contributed by atoms with Crippen LogP contribution in [0, 0.1) is 0 Å². The van der Waals surface area contributed by atoms with Crippen molar-refractivity contribution < 1.29 is 0 Å². The summed E-state index contributed by atoms with van der Waals surface area (Å²) in [5, 5.41) is 2.55. The highest BCUT2D eigenvalue weighted by atomic mass is 14.6. The molecule has 1 heterocycles. The van der Waals surface area contributed by atoms with Gasteiger partial charge in [0.1, 0.15) is 0 Å². The summed E-state index contributed by atoms with van der Waals surface area (Å²) in [6.07, 6.45) is 5.37. The Bertz CT molecular complexity index is 588. The molecule has 0 bridgehead atoms. The molecule has 0 radical (unpaired) electrons. The third-order valence-corrected chi connectivity index (χ3v) is 2.58. The zero-order valence-electron chi connectivity index (χ0n) is 10.2. The van der Waals surface area contributed by atoms with Gasteiger partial charge in [-0.05, 0) is 34.5 Å². The summed E-state index contributed by atoms with van der Waals surface area (Å²) in [4.78, 5) is 3.78. The lowest BCUT2D eigenvalue weighted by Gasteiger charge is -1.97. The molecule has 0 unspecified atom stereocenters. The molecule has 1 aromatic heterocycles. The molecule has 0 N–H and O–H groups in total. The number of hydrogen-bond donors (Lipinski definition) is 0.